The van der Waals surface area contributed by atoms with E-state index in [2.05, 4.69) is 10.6 Å². The Kier molecular flexibility index (Phi) is 9.17. The molecular weight excluding hydrogens is 286 g/mol. The summed E-state index contributed by atoms with van der Waals surface area (Å²) < 4.78 is 0. The number of hydrogen-bond acceptors (Lipinski definition) is 3. The first-order valence-corrected chi connectivity index (χ1v) is 8.15. The van der Waals surface area contributed by atoms with E-state index in [1.54, 1.807) is 6.92 Å². The van der Waals surface area contributed by atoms with E-state index in [0.29, 0.717) is 19.4 Å². The molecule has 1 unspecified atom stereocenters. The van der Waals surface area contributed by atoms with E-state index >= 15 is 0 Å². The third-order valence-electron chi connectivity index (χ3n) is 3.55. The molecule has 0 aromatic heterocycles. The van der Waals surface area contributed by atoms with Gasteiger partial charge in [-0.25, -0.2) is 0 Å². The number of rotatable bonds is 10. The van der Waals surface area contributed by atoms with Crippen LogP contribution in [0.5, 0.6) is 0 Å². The van der Waals surface area contributed by atoms with Crippen molar-refractivity contribution < 1.29 is 9.59 Å². The second kappa shape index (κ2) is 9.71. The lowest BCUT2D eigenvalue weighted by Crippen LogP contribution is -2.54. The first kappa shape index (κ1) is 19.8. The Morgan fingerprint density at radius 3 is 2.05 bits per heavy atom. The van der Waals surface area contributed by atoms with Crippen molar-refractivity contribution in [1.29, 1.82) is 0 Å². The molecule has 0 spiro atoms. The topological polar surface area (TPSA) is 84.2 Å². The van der Waals surface area contributed by atoms with E-state index in [-0.39, 0.29) is 16.8 Å². The van der Waals surface area contributed by atoms with Gasteiger partial charge in [-0.05, 0) is 26.2 Å². The lowest BCUT2D eigenvalue weighted by atomic mass is 9.78. The Balaban J connectivity index is 4.96. The zero-order valence-corrected chi connectivity index (χ0v) is 14.4. The Bertz CT molecular complexity index is 366. The summed E-state index contributed by atoms with van der Waals surface area (Å²) in [6, 6.07) is -0.591. The van der Waals surface area contributed by atoms with Crippen LogP contribution in [0.15, 0.2) is 0 Å². The van der Waals surface area contributed by atoms with Crippen LogP contribution in [0, 0.1) is 5.41 Å². The molecule has 122 valence electrons. The minimum absolute atomic E-state index is 0.185. The lowest BCUT2D eigenvalue weighted by molar-refractivity contribution is -0.133. The van der Waals surface area contributed by atoms with E-state index in [0.717, 1.165) is 19.3 Å². The molecule has 0 rings (SSSR count). The quantitative estimate of drug-likeness (QED) is 0.538. The predicted molar refractivity (Wildman–Crippen MR) is 89.9 cm³/mol. The zero-order valence-electron chi connectivity index (χ0n) is 13.6. The summed E-state index contributed by atoms with van der Waals surface area (Å²) in [6.07, 6.45) is 3.67. The van der Waals surface area contributed by atoms with Gasteiger partial charge < -0.3 is 16.4 Å². The highest BCUT2D eigenvalue weighted by molar-refractivity contribution is 7.80. The highest BCUT2D eigenvalue weighted by atomic mass is 32.1. The number of carbonyl (C=O) groups excluding carboxylic acids is 2. The highest BCUT2D eigenvalue weighted by Gasteiger charge is 2.40. The van der Waals surface area contributed by atoms with Gasteiger partial charge in [0.05, 0.1) is 10.4 Å². The number of thiocarbonyl (C=S) groups is 1. The van der Waals surface area contributed by atoms with Gasteiger partial charge in [-0.1, -0.05) is 45.8 Å². The van der Waals surface area contributed by atoms with E-state index in [1.165, 1.54) is 0 Å². The van der Waals surface area contributed by atoms with Crippen LogP contribution < -0.4 is 16.4 Å². The van der Waals surface area contributed by atoms with E-state index < -0.39 is 11.5 Å². The summed E-state index contributed by atoms with van der Waals surface area (Å²) in [6.45, 7) is 8.24. The van der Waals surface area contributed by atoms with Gasteiger partial charge in [0, 0.05) is 6.54 Å². The van der Waals surface area contributed by atoms with Crippen LogP contribution in [0.2, 0.25) is 0 Å². The van der Waals surface area contributed by atoms with E-state index in [9.17, 15) is 9.59 Å². The average molecular weight is 315 g/mol. The van der Waals surface area contributed by atoms with Crippen molar-refractivity contribution in [2.75, 3.05) is 6.54 Å². The minimum Gasteiger partial charge on any atom is -0.392 e. The second-order valence-electron chi connectivity index (χ2n) is 5.43. The maximum atomic E-state index is 12.6. The molecule has 4 N–H and O–H groups in total. The summed E-state index contributed by atoms with van der Waals surface area (Å²) in [4.78, 5) is 24.7. The van der Waals surface area contributed by atoms with Crippen LogP contribution in [0.4, 0.5) is 0 Å². The molecule has 0 aliphatic rings. The number of carbonyl (C=O) groups is 2. The van der Waals surface area contributed by atoms with Crippen molar-refractivity contribution in [3.8, 4) is 0 Å². The van der Waals surface area contributed by atoms with Crippen LogP contribution in [0.3, 0.4) is 0 Å². The number of hydrogen-bond donors (Lipinski definition) is 3. The molecule has 0 radical (unpaired) electrons. The largest absolute Gasteiger partial charge is 0.392 e. The predicted octanol–water partition coefficient (Wildman–Crippen LogP) is 1.89. The SMILES string of the molecule is CCCNC(=O)C(C)NC(=O)C(CCC)(CCC)C(N)=S. The molecule has 6 heteroatoms. The monoisotopic (exact) mass is 315 g/mol. The van der Waals surface area contributed by atoms with Crippen LogP contribution in [0.1, 0.15) is 59.8 Å². The fraction of sp³-hybridized carbons (Fsp3) is 0.800. The van der Waals surface area contributed by atoms with Crippen LogP contribution in [-0.4, -0.2) is 29.4 Å². The van der Waals surface area contributed by atoms with Gasteiger partial charge in [-0.15, -0.1) is 0 Å². The van der Waals surface area contributed by atoms with Gasteiger partial charge >= 0.3 is 0 Å². The first-order valence-electron chi connectivity index (χ1n) is 7.74. The van der Waals surface area contributed by atoms with Crippen molar-refractivity contribution in [3.63, 3.8) is 0 Å². The number of nitrogens with one attached hydrogen (secondary N) is 2. The van der Waals surface area contributed by atoms with Crippen LogP contribution >= 0.6 is 12.2 Å². The average Bonchev–Trinajstić information content (AvgIpc) is 2.43. The number of nitrogens with two attached hydrogens (primary N) is 1. The third kappa shape index (κ3) is 5.61. The Hall–Kier alpha value is -1.17. The molecule has 0 saturated carbocycles. The Labute approximate surface area is 133 Å². The van der Waals surface area contributed by atoms with Crippen LogP contribution in [0.25, 0.3) is 0 Å². The summed E-state index contributed by atoms with van der Waals surface area (Å²) in [5.41, 5.74) is 5.00. The molecular formula is C15H29N3O2S. The van der Waals surface area contributed by atoms with Gasteiger partial charge in [0.15, 0.2) is 0 Å². The highest BCUT2D eigenvalue weighted by Crippen LogP contribution is 2.31. The summed E-state index contributed by atoms with van der Waals surface area (Å²) in [5.74, 6) is -0.423. The molecule has 21 heavy (non-hydrogen) atoms. The van der Waals surface area contributed by atoms with Gasteiger partial charge in [-0.2, -0.15) is 0 Å². The summed E-state index contributed by atoms with van der Waals surface area (Å²) in [5, 5.41) is 5.53. The molecule has 0 heterocycles. The fourth-order valence-electron chi connectivity index (χ4n) is 2.37. The van der Waals surface area contributed by atoms with Gasteiger partial charge in [-0.3, -0.25) is 9.59 Å². The molecule has 5 nitrogen and oxygen atoms in total. The van der Waals surface area contributed by atoms with Crippen molar-refractivity contribution >= 4 is 29.0 Å². The molecule has 0 aliphatic carbocycles. The lowest BCUT2D eigenvalue weighted by Gasteiger charge is -2.32. The Morgan fingerprint density at radius 1 is 1.14 bits per heavy atom. The van der Waals surface area contributed by atoms with Crippen molar-refractivity contribution in [2.45, 2.75) is 65.8 Å². The maximum Gasteiger partial charge on any atom is 0.242 e. The summed E-state index contributed by atoms with van der Waals surface area (Å²) in [7, 11) is 0. The van der Waals surface area contributed by atoms with E-state index in [1.807, 2.05) is 20.8 Å². The van der Waals surface area contributed by atoms with Crippen LogP contribution in [-0.2, 0) is 9.59 Å². The fourth-order valence-corrected chi connectivity index (χ4v) is 2.66. The van der Waals surface area contributed by atoms with Crippen molar-refractivity contribution in [1.82, 2.24) is 10.6 Å². The molecule has 0 saturated heterocycles. The normalized spacial score (nSPS) is 12.6. The zero-order chi connectivity index (χ0) is 16.5. The molecule has 0 aromatic rings. The molecule has 0 aromatic carbocycles. The summed E-state index contributed by atoms with van der Waals surface area (Å²) >= 11 is 5.14. The Morgan fingerprint density at radius 2 is 1.67 bits per heavy atom. The minimum atomic E-state index is -0.849. The van der Waals surface area contributed by atoms with Crippen molar-refractivity contribution in [2.24, 2.45) is 11.1 Å². The standard InChI is InChI=1S/C15H29N3O2S/c1-5-8-15(9-6-2,13(16)21)14(20)18-11(4)12(19)17-10-7-3/h11H,5-10H2,1-4H3,(H2,16,21)(H,17,19)(H,18,20). The second-order valence-corrected chi connectivity index (χ2v) is 5.87. The van der Waals surface area contributed by atoms with Gasteiger partial charge in [0.2, 0.25) is 11.8 Å². The molecule has 0 bridgehead atoms. The third-order valence-corrected chi connectivity index (χ3v) is 3.94. The first-order chi connectivity index (χ1) is 9.85. The van der Waals surface area contributed by atoms with Gasteiger partial charge in [0.25, 0.3) is 0 Å². The van der Waals surface area contributed by atoms with Gasteiger partial charge in [0.1, 0.15) is 6.04 Å². The molecule has 0 fully saturated rings. The maximum absolute atomic E-state index is 12.6. The smallest absolute Gasteiger partial charge is 0.242 e. The number of amides is 2. The van der Waals surface area contributed by atoms with Crippen molar-refractivity contribution in [3.05, 3.63) is 0 Å². The molecule has 1 atom stereocenters. The van der Waals surface area contributed by atoms with E-state index in [4.69, 9.17) is 18.0 Å². The molecule has 2 amide bonds. The molecule has 0 aliphatic heterocycles.